The van der Waals surface area contributed by atoms with Crippen LogP contribution in [-0.2, 0) is 9.53 Å². The second-order valence-electron chi connectivity index (χ2n) is 4.09. The average Bonchev–Trinajstić information content (AvgIpc) is 2.46. The van der Waals surface area contributed by atoms with Gasteiger partial charge in [0.25, 0.3) is 0 Å². The van der Waals surface area contributed by atoms with Crippen LogP contribution in [0, 0.1) is 11.6 Å². The van der Waals surface area contributed by atoms with E-state index in [-0.39, 0.29) is 18.7 Å². The normalized spacial score (nSPS) is 11.6. The lowest BCUT2D eigenvalue weighted by Gasteiger charge is -2.18. The van der Waals surface area contributed by atoms with Crippen LogP contribution in [0.2, 0.25) is 0 Å². The molecule has 1 N–H and O–H groups in total. The largest absolute Gasteiger partial charge is 0.465 e. The van der Waals surface area contributed by atoms with Gasteiger partial charge in [-0.05, 0) is 31.5 Å². The lowest BCUT2D eigenvalue weighted by molar-refractivity contribution is -0.145. The molecule has 1 atom stereocenters. The first-order valence-corrected chi connectivity index (χ1v) is 6.46. The van der Waals surface area contributed by atoms with Gasteiger partial charge in [0.1, 0.15) is 6.04 Å². The zero-order valence-electron chi connectivity index (χ0n) is 11.6. The zero-order chi connectivity index (χ0) is 15.7. The maximum atomic E-state index is 13.8. The van der Waals surface area contributed by atoms with Gasteiger partial charge in [0, 0.05) is 17.0 Å². The van der Waals surface area contributed by atoms with Crippen molar-refractivity contribution >= 4 is 5.97 Å². The summed E-state index contributed by atoms with van der Waals surface area (Å²) in [6, 6.07) is 2.51. The Bertz CT molecular complexity index is 533. The number of rotatable bonds is 8. The fourth-order valence-corrected chi connectivity index (χ4v) is 1.73. The monoisotopic (exact) mass is 298 g/mol. The summed E-state index contributed by atoms with van der Waals surface area (Å²) in [4.78, 5) is 14.5. The first-order chi connectivity index (χ1) is 10.1. The van der Waals surface area contributed by atoms with Crippen molar-refractivity contribution in [2.45, 2.75) is 19.4 Å². The van der Waals surface area contributed by atoms with Crippen LogP contribution in [0.3, 0.4) is 0 Å². The van der Waals surface area contributed by atoms with Gasteiger partial charge >= 0.3 is 5.97 Å². The van der Waals surface area contributed by atoms with Crippen LogP contribution in [0.25, 0.3) is 10.4 Å². The molecule has 0 saturated heterocycles. The molecule has 6 nitrogen and oxygen atoms in total. The van der Waals surface area contributed by atoms with Gasteiger partial charge in [-0.3, -0.25) is 0 Å². The number of carbonyl (C=O) groups excluding carboxylic acids is 1. The molecule has 0 aliphatic rings. The highest BCUT2D eigenvalue weighted by molar-refractivity contribution is 5.77. The Morgan fingerprint density at radius 3 is 2.95 bits per heavy atom. The number of carbonyl (C=O) groups is 1. The Labute approximate surface area is 120 Å². The highest BCUT2D eigenvalue weighted by Crippen LogP contribution is 2.20. The molecule has 0 heterocycles. The van der Waals surface area contributed by atoms with Gasteiger partial charge in [-0.1, -0.05) is 17.2 Å². The molecular formula is C13H16F2N4O2. The van der Waals surface area contributed by atoms with Gasteiger partial charge in [-0.25, -0.2) is 13.6 Å². The minimum absolute atomic E-state index is 0.114. The minimum atomic E-state index is -1.10. The maximum absolute atomic E-state index is 13.8. The Morgan fingerprint density at radius 2 is 2.29 bits per heavy atom. The molecule has 0 saturated carbocycles. The Balaban J connectivity index is 2.84. The van der Waals surface area contributed by atoms with E-state index in [4.69, 9.17) is 10.3 Å². The molecule has 0 fully saturated rings. The number of benzene rings is 1. The Kier molecular flexibility index (Phi) is 7.14. The summed E-state index contributed by atoms with van der Waals surface area (Å²) in [5, 5.41) is 6.13. The Morgan fingerprint density at radius 1 is 1.52 bits per heavy atom. The molecule has 8 heteroatoms. The fourth-order valence-electron chi connectivity index (χ4n) is 1.73. The molecule has 21 heavy (non-hydrogen) atoms. The third-order valence-electron chi connectivity index (χ3n) is 2.66. The molecule has 0 aliphatic carbocycles. The molecule has 0 bridgehead atoms. The van der Waals surface area contributed by atoms with Crippen molar-refractivity contribution < 1.29 is 18.3 Å². The van der Waals surface area contributed by atoms with Crippen LogP contribution in [0.5, 0.6) is 0 Å². The van der Waals surface area contributed by atoms with E-state index in [0.29, 0.717) is 13.0 Å². The number of nitrogens with zero attached hydrogens (tertiary/aromatic N) is 3. The van der Waals surface area contributed by atoms with Crippen LogP contribution in [0.1, 0.15) is 24.9 Å². The summed E-state index contributed by atoms with van der Waals surface area (Å²) < 4.78 is 31.9. The van der Waals surface area contributed by atoms with Gasteiger partial charge in [0.2, 0.25) is 0 Å². The minimum Gasteiger partial charge on any atom is -0.465 e. The Hall–Kier alpha value is -2.18. The second kappa shape index (κ2) is 8.89. The van der Waals surface area contributed by atoms with Crippen LogP contribution >= 0.6 is 0 Å². The summed E-state index contributed by atoms with van der Waals surface area (Å²) >= 11 is 0. The molecular weight excluding hydrogens is 282 g/mol. The molecule has 0 radical (unpaired) electrons. The van der Waals surface area contributed by atoms with Gasteiger partial charge < -0.3 is 10.1 Å². The van der Waals surface area contributed by atoms with E-state index < -0.39 is 23.6 Å². The molecule has 114 valence electrons. The molecule has 1 aromatic carbocycles. The second-order valence-corrected chi connectivity index (χ2v) is 4.09. The number of azide groups is 1. The van der Waals surface area contributed by atoms with Crippen molar-refractivity contribution in [1.82, 2.24) is 5.32 Å². The summed E-state index contributed by atoms with van der Waals surface area (Å²) in [6.07, 6.45) is 0.455. The predicted octanol–water partition coefficient (Wildman–Crippen LogP) is 2.86. The molecule has 0 amide bonds. The maximum Gasteiger partial charge on any atom is 0.327 e. The third-order valence-corrected chi connectivity index (χ3v) is 2.66. The topological polar surface area (TPSA) is 87.1 Å². The molecule has 1 rings (SSSR count). The number of nitrogens with one attached hydrogen (secondary N) is 1. The van der Waals surface area contributed by atoms with E-state index in [0.717, 1.165) is 6.07 Å². The van der Waals surface area contributed by atoms with Crippen molar-refractivity contribution in [3.63, 3.8) is 0 Å². The van der Waals surface area contributed by atoms with Gasteiger partial charge in [-0.15, -0.1) is 0 Å². The van der Waals surface area contributed by atoms with E-state index in [9.17, 15) is 13.6 Å². The zero-order valence-corrected chi connectivity index (χ0v) is 11.6. The van der Waals surface area contributed by atoms with Crippen molar-refractivity contribution in [2.24, 2.45) is 5.11 Å². The molecule has 1 unspecified atom stereocenters. The van der Waals surface area contributed by atoms with Gasteiger partial charge in [0.15, 0.2) is 11.6 Å². The number of hydrogen-bond acceptors (Lipinski definition) is 4. The lowest BCUT2D eigenvalue weighted by atomic mass is 10.1. The number of ether oxygens (including phenoxy) is 1. The van der Waals surface area contributed by atoms with Crippen LogP contribution in [0.4, 0.5) is 8.78 Å². The van der Waals surface area contributed by atoms with E-state index in [1.807, 2.05) is 0 Å². The first-order valence-electron chi connectivity index (χ1n) is 6.46. The van der Waals surface area contributed by atoms with Crippen molar-refractivity contribution in [3.8, 4) is 0 Å². The molecule has 0 spiro atoms. The molecule has 0 aromatic heterocycles. The van der Waals surface area contributed by atoms with E-state index >= 15 is 0 Å². The van der Waals surface area contributed by atoms with E-state index in [2.05, 4.69) is 15.3 Å². The number of hydrogen-bond donors (Lipinski definition) is 1. The van der Waals surface area contributed by atoms with Crippen molar-refractivity contribution in [3.05, 3.63) is 45.8 Å². The highest BCUT2D eigenvalue weighted by atomic mass is 19.2. The van der Waals surface area contributed by atoms with Crippen LogP contribution in [0.15, 0.2) is 23.3 Å². The van der Waals surface area contributed by atoms with E-state index in [1.54, 1.807) is 6.92 Å². The molecule has 1 aromatic rings. The SMILES string of the molecule is CCOC(=O)C(NCCCN=[N+]=[N-])c1cccc(F)c1F. The predicted molar refractivity (Wildman–Crippen MR) is 72.4 cm³/mol. The molecule has 0 aliphatic heterocycles. The summed E-state index contributed by atoms with van der Waals surface area (Å²) in [5.41, 5.74) is 8.04. The third kappa shape index (κ3) is 5.02. The lowest BCUT2D eigenvalue weighted by Crippen LogP contribution is -2.32. The van der Waals surface area contributed by atoms with Gasteiger partial charge in [0.05, 0.1) is 6.61 Å². The van der Waals surface area contributed by atoms with Crippen molar-refractivity contribution in [2.75, 3.05) is 19.7 Å². The first kappa shape index (κ1) is 16.9. The fraction of sp³-hybridized carbons (Fsp3) is 0.462. The van der Waals surface area contributed by atoms with Crippen LogP contribution in [-0.4, -0.2) is 25.7 Å². The summed E-state index contributed by atoms with van der Waals surface area (Å²) in [7, 11) is 0. The van der Waals surface area contributed by atoms with Gasteiger partial charge in [-0.2, -0.15) is 0 Å². The van der Waals surface area contributed by atoms with Crippen molar-refractivity contribution in [1.29, 1.82) is 0 Å². The number of esters is 1. The quantitative estimate of drug-likeness (QED) is 0.263. The summed E-state index contributed by atoms with van der Waals surface area (Å²) in [5.74, 6) is -2.80. The summed E-state index contributed by atoms with van der Waals surface area (Å²) in [6.45, 7) is 2.29. The number of halogens is 2. The highest BCUT2D eigenvalue weighted by Gasteiger charge is 2.25. The smallest absolute Gasteiger partial charge is 0.327 e. The van der Waals surface area contributed by atoms with Crippen LogP contribution < -0.4 is 5.32 Å². The average molecular weight is 298 g/mol. The van der Waals surface area contributed by atoms with E-state index in [1.165, 1.54) is 12.1 Å². The standard InChI is InChI=1S/C13H16F2N4O2/c1-2-21-13(20)12(17-7-4-8-18-19-16)9-5-3-6-10(14)11(9)15/h3,5-6,12,17H,2,4,7-8H2,1H3.